The number of urea groups is 1. The van der Waals surface area contributed by atoms with E-state index in [0.717, 1.165) is 5.56 Å². The number of anilines is 2. The Bertz CT molecular complexity index is 929. The van der Waals surface area contributed by atoms with Gasteiger partial charge in [-0.1, -0.05) is 11.3 Å². The second-order valence-corrected chi connectivity index (χ2v) is 6.04. The molecule has 4 rings (SSSR count). The maximum absolute atomic E-state index is 12.9. The molecule has 7 nitrogen and oxygen atoms in total. The van der Waals surface area contributed by atoms with Gasteiger partial charge in [-0.2, -0.15) is 0 Å². The molecule has 2 N–H and O–H groups in total. The minimum absolute atomic E-state index is 0.200. The monoisotopic (exact) mass is 358 g/mol. The lowest BCUT2D eigenvalue weighted by molar-refractivity contribution is 0.174. The summed E-state index contributed by atoms with van der Waals surface area (Å²) in [5, 5.41) is 14.2. The Balaban J connectivity index is 1.44. The summed E-state index contributed by atoms with van der Waals surface area (Å²) >= 11 is 1.22. The van der Waals surface area contributed by atoms with E-state index in [-0.39, 0.29) is 12.6 Å². The van der Waals surface area contributed by atoms with Gasteiger partial charge in [-0.25, -0.2) is 9.18 Å². The van der Waals surface area contributed by atoms with E-state index < -0.39 is 6.03 Å². The first-order valence-electron chi connectivity index (χ1n) is 7.24. The SMILES string of the molecule is O=C(Nc1ccc(F)cc1)Nc1nnc(-c2ccc3c(c2)OCO3)s1. The van der Waals surface area contributed by atoms with Crippen molar-refractivity contribution in [2.75, 3.05) is 17.4 Å². The van der Waals surface area contributed by atoms with Crippen LogP contribution in [0.15, 0.2) is 42.5 Å². The van der Waals surface area contributed by atoms with Crippen molar-refractivity contribution in [2.45, 2.75) is 0 Å². The third-order valence-corrected chi connectivity index (χ3v) is 4.25. The molecule has 1 aliphatic rings. The third-order valence-electron chi connectivity index (χ3n) is 3.37. The van der Waals surface area contributed by atoms with Gasteiger partial charge in [-0.05, 0) is 42.5 Å². The van der Waals surface area contributed by atoms with E-state index in [1.807, 2.05) is 12.1 Å². The number of hydrogen-bond acceptors (Lipinski definition) is 6. The minimum atomic E-state index is -0.486. The molecule has 0 spiro atoms. The fourth-order valence-electron chi connectivity index (χ4n) is 2.21. The summed E-state index contributed by atoms with van der Waals surface area (Å²) < 4.78 is 23.5. The second-order valence-electron chi connectivity index (χ2n) is 5.07. The number of nitrogens with one attached hydrogen (secondary N) is 2. The number of aromatic nitrogens is 2. The van der Waals surface area contributed by atoms with E-state index >= 15 is 0 Å². The highest BCUT2D eigenvalue weighted by molar-refractivity contribution is 7.18. The van der Waals surface area contributed by atoms with Crippen LogP contribution in [0.4, 0.5) is 20.0 Å². The number of rotatable bonds is 3. The van der Waals surface area contributed by atoms with Gasteiger partial charge < -0.3 is 14.8 Å². The fourth-order valence-corrected chi connectivity index (χ4v) is 2.95. The molecule has 2 amide bonds. The molecule has 0 bridgehead atoms. The normalized spacial score (nSPS) is 12.0. The topological polar surface area (TPSA) is 85.4 Å². The molecule has 25 heavy (non-hydrogen) atoms. The van der Waals surface area contributed by atoms with Gasteiger partial charge in [0.1, 0.15) is 10.8 Å². The van der Waals surface area contributed by atoms with Gasteiger partial charge in [-0.3, -0.25) is 5.32 Å². The number of fused-ring (bicyclic) bond motifs is 1. The van der Waals surface area contributed by atoms with Gasteiger partial charge in [0.05, 0.1) is 0 Å². The highest BCUT2D eigenvalue weighted by atomic mass is 32.1. The zero-order valence-corrected chi connectivity index (χ0v) is 13.5. The number of hydrogen-bond donors (Lipinski definition) is 2. The van der Waals surface area contributed by atoms with Crippen molar-refractivity contribution in [1.82, 2.24) is 10.2 Å². The molecule has 0 radical (unpaired) electrons. The Hall–Kier alpha value is -3.20. The Labute approximate surface area is 145 Å². The van der Waals surface area contributed by atoms with E-state index in [2.05, 4.69) is 20.8 Å². The Morgan fingerprint density at radius 2 is 1.84 bits per heavy atom. The van der Waals surface area contributed by atoms with Crippen molar-refractivity contribution in [3.05, 3.63) is 48.3 Å². The standard InChI is InChI=1S/C16H11FN4O3S/c17-10-2-4-11(5-3-10)18-15(22)19-16-21-20-14(25-16)9-1-6-12-13(7-9)24-8-23-12/h1-7H,8H2,(H2,18,19,21,22). The Morgan fingerprint density at radius 3 is 2.68 bits per heavy atom. The predicted molar refractivity (Wildman–Crippen MR) is 90.5 cm³/mol. The molecule has 0 fully saturated rings. The van der Waals surface area contributed by atoms with Crippen LogP contribution < -0.4 is 20.1 Å². The molecule has 0 saturated carbocycles. The highest BCUT2D eigenvalue weighted by Crippen LogP contribution is 2.37. The van der Waals surface area contributed by atoms with Gasteiger partial charge in [0, 0.05) is 11.3 Å². The maximum Gasteiger partial charge on any atom is 0.325 e. The van der Waals surface area contributed by atoms with E-state index in [0.29, 0.717) is 27.3 Å². The van der Waals surface area contributed by atoms with Crippen LogP contribution in [0.1, 0.15) is 0 Å². The first-order valence-corrected chi connectivity index (χ1v) is 8.06. The average molecular weight is 358 g/mol. The molecule has 1 aromatic heterocycles. The summed E-state index contributed by atoms with van der Waals surface area (Å²) in [6.07, 6.45) is 0. The van der Waals surface area contributed by atoms with Crippen LogP contribution in [0.2, 0.25) is 0 Å². The van der Waals surface area contributed by atoms with Gasteiger partial charge in [-0.15, -0.1) is 10.2 Å². The number of carbonyl (C=O) groups is 1. The van der Waals surface area contributed by atoms with E-state index in [1.165, 1.54) is 35.6 Å². The molecule has 2 heterocycles. The summed E-state index contributed by atoms with van der Waals surface area (Å²) in [5.41, 5.74) is 1.29. The summed E-state index contributed by atoms with van der Waals surface area (Å²) in [6.45, 7) is 0.200. The van der Waals surface area contributed by atoms with Crippen molar-refractivity contribution >= 4 is 28.2 Å². The third kappa shape index (κ3) is 3.36. The van der Waals surface area contributed by atoms with Gasteiger partial charge in [0.15, 0.2) is 11.5 Å². The lowest BCUT2D eigenvalue weighted by atomic mass is 10.2. The molecule has 0 unspecified atom stereocenters. The Kier molecular flexibility index (Phi) is 3.90. The van der Waals surface area contributed by atoms with Crippen LogP contribution in [0.3, 0.4) is 0 Å². The molecule has 0 saturated heterocycles. The quantitative estimate of drug-likeness (QED) is 0.745. The first kappa shape index (κ1) is 15.3. The van der Waals surface area contributed by atoms with Crippen LogP contribution in [0.25, 0.3) is 10.6 Å². The van der Waals surface area contributed by atoms with Crippen LogP contribution in [-0.4, -0.2) is 23.0 Å². The fraction of sp³-hybridized carbons (Fsp3) is 0.0625. The van der Waals surface area contributed by atoms with Crippen LogP contribution in [0.5, 0.6) is 11.5 Å². The van der Waals surface area contributed by atoms with E-state index in [1.54, 1.807) is 6.07 Å². The predicted octanol–water partition coefficient (Wildman–Crippen LogP) is 3.72. The molecular weight excluding hydrogens is 347 g/mol. The lowest BCUT2D eigenvalue weighted by Gasteiger charge is -2.04. The number of ether oxygens (including phenoxy) is 2. The number of halogens is 1. The zero-order chi connectivity index (χ0) is 17.2. The number of benzene rings is 2. The highest BCUT2D eigenvalue weighted by Gasteiger charge is 2.16. The largest absolute Gasteiger partial charge is 0.454 e. The molecule has 0 atom stereocenters. The lowest BCUT2D eigenvalue weighted by Crippen LogP contribution is -2.19. The van der Waals surface area contributed by atoms with E-state index in [4.69, 9.17) is 9.47 Å². The van der Waals surface area contributed by atoms with Crippen molar-refractivity contribution in [3.63, 3.8) is 0 Å². The van der Waals surface area contributed by atoms with E-state index in [9.17, 15) is 9.18 Å². The van der Waals surface area contributed by atoms with Crippen molar-refractivity contribution < 1.29 is 18.7 Å². The average Bonchev–Trinajstić information content (AvgIpc) is 3.25. The summed E-state index contributed by atoms with van der Waals surface area (Å²) in [5.74, 6) is 0.963. The second kappa shape index (κ2) is 6.36. The number of amides is 2. The zero-order valence-electron chi connectivity index (χ0n) is 12.7. The van der Waals surface area contributed by atoms with Crippen LogP contribution in [-0.2, 0) is 0 Å². The van der Waals surface area contributed by atoms with Crippen molar-refractivity contribution in [2.24, 2.45) is 0 Å². The van der Waals surface area contributed by atoms with Crippen LogP contribution >= 0.6 is 11.3 Å². The van der Waals surface area contributed by atoms with Crippen molar-refractivity contribution in [3.8, 4) is 22.1 Å². The van der Waals surface area contributed by atoms with Crippen molar-refractivity contribution in [1.29, 1.82) is 0 Å². The number of carbonyl (C=O) groups excluding carboxylic acids is 1. The molecule has 9 heteroatoms. The molecule has 1 aliphatic heterocycles. The molecule has 126 valence electrons. The molecule has 3 aromatic rings. The van der Waals surface area contributed by atoms with Gasteiger partial charge in [0.25, 0.3) is 0 Å². The van der Waals surface area contributed by atoms with Gasteiger partial charge >= 0.3 is 6.03 Å². The van der Waals surface area contributed by atoms with Crippen LogP contribution in [0, 0.1) is 5.82 Å². The maximum atomic E-state index is 12.9. The molecule has 0 aliphatic carbocycles. The summed E-state index contributed by atoms with van der Waals surface area (Å²) in [6, 6.07) is 10.4. The number of nitrogens with zero attached hydrogens (tertiary/aromatic N) is 2. The first-order chi connectivity index (χ1) is 12.2. The summed E-state index contributed by atoms with van der Waals surface area (Å²) in [7, 11) is 0. The van der Waals surface area contributed by atoms with Gasteiger partial charge in [0.2, 0.25) is 11.9 Å². The minimum Gasteiger partial charge on any atom is -0.454 e. The summed E-state index contributed by atoms with van der Waals surface area (Å²) in [4.78, 5) is 12.0. The smallest absolute Gasteiger partial charge is 0.325 e. The molecule has 2 aromatic carbocycles. The Morgan fingerprint density at radius 1 is 1.04 bits per heavy atom. The molecular formula is C16H11FN4O3S.